The number of nitrogens with one attached hydrogen (secondary N) is 1. The van der Waals surface area contributed by atoms with E-state index in [1.807, 2.05) is 12.2 Å². The Bertz CT molecular complexity index is 163. The summed E-state index contributed by atoms with van der Waals surface area (Å²) in [6.07, 6.45) is 5.32. The summed E-state index contributed by atoms with van der Waals surface area (Å²) >= 11 is 0. The molecule has 1 atom stereocenters. The molecule has 0 aromatic rings. The van der Waals surface area contributed by atoms with Crippen molar-refractivity contribution in [1.82, 2.24) is 5.32 Å². The maximum absolute atomic E-state index is 8.70. The van der Waals surface area contributed by atoms with Crippen LogP contribution in [0.3, 0.4) is 0 Å². The van der Waals surface area contributed by atoms with Crippen LogP contribution in [0.1, 0.15) is 0 Å². The largest absolute Gasteiger partial charge is 0.392 e. The number of methoxy groups -OCH3 is 1. The van der Waals surface area contributed by atoms with Gasteiger partial charge in [-0.3, -0.25) is 0 Å². The van der Waals surface area contributed by atoms with E-state index in [0.29, 0.717) is 0 Å². The minimum Gasteiger partial charge on any atom is -0.392 e. The second-order valence-corrected chi connectivity index (χ2v) is 2.06. The maximum Gasteiger partial charge on any atom is 0.146 e. The Morgan fingerprint density at radius 3 is 3.20 bits per heavy atom. The van der Waals surface area contributed by atoms with Gasteiger partial charge in [-0.25, -0.2) is 0 Å². The lowest BCUT2D eigenvalue weighted by atomic mass is 10.2. The maximum atomic E-state index is 8.70. The highest BCUT2D eigenvalue weighted by molar-refractivity contribution is 5.23. The molecule has 0 aromatic carbocycles. The summed E-state index contributed by atoms with van der Waals surface area (Å²) in [6.45, 7) is 0.0675. The summed E-state index contributed by atoms with van der Waals surface area (Å²) in [5, 5.41) is 11.6. The van der Waals surface area contributed by atoms with Gasteiger partial charge in [0.05, 0.1) is 6.61 Å². The Labute approximate surface area is 60.0 Å². The van der Waals surface area contributed by atoms with Crippen molar-refractivity contribution in [2.45, 2.75) is 6.23 Å². The third kappa shape index (κ3) is 1.59. The van der Waals surface area contributed by atoms with Crippen LogP contribution in [0.25, 0.3) is 0 Å². The average Bonchev–Trinajstić information content (AvgIpc) is 2.05. The number of aliphatic hydroxyl groups is 1. The highest BCUT2D eigenvalue weighted by atomic mass is 16.5. The van der Waals surface area contributed by atoms with E-state index >= 15 is 0 Å². The van der Waals surface area contributed by atoms with E-state index in [1.165, 1.54) is 0 Å². The average molecular weight is 141 g/mol. The third-order valence-corrected chi connectivity index (χ3v) is 1.36. The third-order valence-electron chi connectivity index (χ3n) is 1.36. The first kappa shape index (κ1) is 7.31. The standard InChI is InChI=1S/C7H11NO2/c1-10-7-4-6(5-9)2-3-8-7/h2-4,7-9H,5H2,1H3. The van der Waals surface area contributed by atoms with Crippen LogP contribution in [0.15, 0.2) is 23.9 Å². The molecular weight excluding hydrogens is 130 g/mol. The second kappa shape index (κ2) is 3.39. The first-order valence-corrected chi connectivity index (χ1v) is 3.14. The van der Waals surface area contributed by atoms with Gasteiger partial charge in [0.15, 0.2) is 0 Å². The molecule has 1 rings (SSSR count). The number of aliphatic hydroxyl groups excluding tert-OH is 1. The zero-order chi connectivity index (χ0) is 7.40. The fourth-order valence-electron chi connectivity index (χ4n) is 0.790. The molecule has 0 aromatic heterocycles. The van der Waals surface area contributed by atoms with Crippen molar-refractivity contribution in [2.24, 2.45) is 0 Å². The van der Waals surface area contributed by atoms with Crippen LogP contribution in [0, 0.1) is 0 Å². The van der Waals surface area contributed by atoms with Crippen molar-refractivity contribution in [3.05, 3.63) is 23.9 Å². The van der Waals surface area contributed by atoms with E-state index in [-0.39, 0.29) is 12.8 Å². The quantitative estimate of drug-likeness (QED) is 0.568. The molecule has 1 heterocycles. The highest BCUT2D eigenvalue weighted by Gasteiger charge is 2.04. The van der Waals surface area contributed by atoms with Crippen LogP contribution in [0.2, 0.25) is 0 Å². The van der Waals surface area contributed by atoms with Crippen LogP contribution in [0.5, 0.6) is 0 Å². The molecule has 10 heavy (non-hydrogen) atoms. The summed E-state index contributed by atoms with van der Waals surface area (Å²) in [6, 6.07) is 0. The van der Waals surface area contributed by atoms with Gasteiger partial charge in [-0.1, -0.05) is 0 Å². The number of ether oxygens (including phenoxy) is 1. The zero-order valence-corrected chi connectivity index (χ0v) is 5.87. The molecule has 1 aliphatic rings. The van der Waals surface area contributed by atoms with E-state index < -0.39 is 0 Å². The molecule has 0 aliphatic carbocycles. The summed E-state index contributed by atoms with van der Waals surface area (Å²) in [5.41, 5.74) is 0.880. The van der Waals surface area contributed by atoms with Crippen molar-refractivity contribution in [1.29, 1.82) is 0 Å². The van der Waals surface area contributed by atoms with E-state index in [4.69, 9.17) is 9.84 Å². The zero-order valence-electron chi connectivity index (χ0n) is 5.87. The molecule has 3 heteroatoms. The van der Waals surface area contributed by atoms with Gasteiger partial charge in [0.25, 0.3) is 0 Å². The Balaban J connectivity index is 2.56. The molecule has 3 nitrogen and oxygen atoms in total. The first-order chi connectivity index (χ1) is 4.86. The first-order valence-electron chi connectivity index (χ1n) is 3.14. The topological polar surface area (TPSA) is 41.5 Å². The predicted molar refractivity (Wildman–Crippen MR) is 38.2 cm³/mol. The number of hydrogen-bond acceptors (Lipinski definition) is 3. The van der Waals surface area contributed by atoms with Crippen molar-refractivity contribution in [2.75, 3.05) is 13.7 Å². The van der Waals surface area contributed by atoms with Crippen molar-refractivity contribution in [3.8, 4) is 0 Å². The Morgan fingerprint density at radius 2 is 2.60 bits per heavy atom. The lowest BCUT2D eigenvalue weighted by Crippen LogP contribution is -2.26. The second-order valence-electron chi connectivity index (χ2n) is 2.06. The number of rotatable bonds is 2. The molecule has 0 radical (unpaired) electrons. The van der Waals surface area contributed by atoms with Crippen LogP contribution in [-0.2, 0) is 4.74 Å². The lowest BCUT2D eigenvalue weighted by molar-refractivity contribution is 0.122. The summed E-state index contributed by atoms with van der Waals surface area (Å²) in [7, 11) is 1.61. The highest BCUT2D eigenvalue weighted by Crippen LogP contribution is 2.03. The molecule has 2 N–H and O–H groups in total. The number of dihydropyridines is 1. The normalized spacial score (nSPS) is 23.8. The fraction of sp³-hybridized carbons (Fsp3) is 0.429. The lowest BCUT2D eigenvalue weighted by Gasteiger charge is -2.15. The van der Waals surface area contributed by atoms with Crippen molar-refractivity contribution < 1.29 is 9.84 Å². The van der Waals surface area contributed by atoms with Gasteiger partial charge >= 0.3 is 0 Å². The molecule has 0 saturated heterocycles. The fourth-order valence-corrected chi connectivity index (χ4v) is 0.790. The van der Waals surface area contributed by atoms with Gasteiger partial charge in [0, 0.05) is 7.11 Å². The predicted octanol–water partition coefficient (Wildman–Crippen LogP) is -0.00550. The number of hydrogen-bond donors (Lipinski definition) is 2. The molecule has 0 bridgehead atoms. The van der Waals surface area contributed by atoms with Gasteiger partial charge in [-0.15, -0.1) is 0 Å². The summed E-state index contributed by atoms with van der Waals surface area (Å²) in [4.78, 5) is 0. The van der Waals surface area contributed by atoms with Crippen molar-refractivity contribution >= 4 is 0 Å². The van der Waals surface area contributed by atoms with Crippen LogP contribution >= 0.6 is 0 Å². The molecule has 1 aliphatic heterocycles. The van der Waals surface area contributed by atoms with E-state index in [1.54, 1.807) is 13.3 Å². The van der Waals surface area contributed by atoms with Crippen LogP contribution in [-0.4, -0.2) is 25.1 Å². The molecule has 0 saturated carbocycles. The molecule has 0 fully saturated rings. The SMILES string of the molecule is COC1C=C(CO)C=CN1. The Hall–Kier alpha value is -0.800. The van der Waals surface area contributed by atoms with Crippen LogP contribution < -0.4 is 5.32 Å². The Kier molecular flexibility index (Phi) is 2.48. The van der Waals surface area contributed by atoms with Gasteiger partial charge in [0.2, 0.25) is 0 Å². The Morgan fingerprint density at radius 1 is 1.80 bits per heavy atom. The van der Waals surface area contributed by atoms with Gasteiger partial charge in [-0.05, 0) is 23.9 Å². The molecule has 1 unspecified atom stereocenters. The molecule has 56 valence electrons. The minimum atomic E-state index is -0.0906. The molecule has 0 spiro atoms. The minimum absolute atomic E-state index is 0.0675. The van der Waals surface area contributed by atoms with E-state index in [2.05, 4.69) is 5.32 Å². The monoisotopic (exact) mass is 141 g/mol. The summed E-state index contributed by atoms with van der Waals surface area (Å²) < 4.78 is 4.97. The van der Waals surface area contributed by atoms with E-state index in [0.717, 1.165) is 5.57 Å². The van der Waals surface area contributed by atoms with Crippen molar-refractivity contribution in [3.63, 3.8) is 0 Å². The summed E-state index contributed by atoms with van der Waals surface area (Å²) in [5.74, 6) is 0. The molecular formula is C7H11NO2. The van der Waals surface area contributed by atoms with Crippen LogP contribution in [0.4, 0.5) is 0 Å². The molecule has 0 amide bonds. The van der Waals surface area contributed by atoms with E-state index in [9.17, 15) is 0 Å². The van der Waals surface area contributed by atoms with Gasteiger partial charge in [0.1, 0.15) is 6.23 Å². The van der Waals surface area contributed by atoms with Gasteiger partial charge in [-0.2, -0.15) is 0 Å². The smallest absolute Gasteiger partial charge is 0.146 e. The van der Waals surface area contributed by atoms with Gasteiger partial charge < -0.3 is 15.2 Å².